The quantitative estimate of drug-likeness (QED) is 0.640. The number of hydrogen-bond donors (Lipinski definition) is 1. The monoisotopic (exact) mass is 172 g/mol. The Labute approximate surface area is 68.6 Å². The zero-order valence-corrected chi connectivity index (χ0v) is 6.28. The number of ether oxygens (including phenoxy) is 2. The summed E-state index contributed by atoms with van der Waals surface area (Å²) in [4.78, 5) is 20.4. The summed E-state index contributed by atoms with van der Waals surface area (Å²) in [5.74, 6) is -0.488. The molecule has 1 aliphatic heterocycles. The number of aliphatic carboxylic acids is 1. The minimum Gasteiger partial charge on any atom is -0.481 e. The third kappa shape index (κ3) is 2.61. The number of carboxylic acid groups (broad SMARTS) is 1. The van der Waals surface area contributed by atoms with Crippen LogP contribution in [0.2, 0.25) is 0 Å². The molecule has 0 aromatic rings. The van der Waals surface area contributed by atoms with E-state index in [4.69, 9.17) is 5.11 Å². The van der Waals surface area contributed by atoms with Gasteiger partial charge in [0.05, 0.1) is 0 Å². The maximum atomic E-state index is 10.3. The summed E-state index contributed by atoms with van der Waals surface area (Å²) in [6, 6.07) is 0. The first-order chi connectivity index (χ1) is 5.68. The number of allylic oxidation sites excluding steroid dienone is 1. The number of carboxylic acids is 1. The van der Waals surface area contributed by atoms with Crippen LogP contribution >= 0.6 is 0 Å². The zero-order chi connectivity index (χ0) is 8.97. The van der Waals surface area contributed by atoms with Gasteiger partial charge >= 0.3 is 12.1 Å². The average molecular weight is 172 g/mol. The van der Waals surface area contributed by atoms with Gasteiger partial charge in [0.15, 0.2) is 6.61 Å². The van der Waals surface area contributed by atoms with Gasteiger partial charge in [-0.25, -0.2) is 4.79 Å². The fourth-order valence-electron chi connectivity index (χ4n) is 0.753. The van der Waals surface area contributed by atoms with Crippen LogP contribution in [0, 0.1) is 0 Å². The van der Waals surface area contributed by atoms with E-state index in [9.17, 15) is 9.59 Å². The van der Waals surface area contributed by atoms with E-state index in [1.807, 2.05) is 0 Å². The van der Waals surface area contributed by atoms with Gasteiger partial charge in [0.2, 0.25) is 0 Å². The lowest BCUT2D eigenvalue weighted by Crippen LogP contribution is -1.93. The number of hydrogen-bond acceptors (Lipinski definition) is 4. The fourth-order valence-corrected chi connectivity index (χ4v) is 0.753. The maximum absolute atomic E-state index is 10.3. The molecular weight excluding hydrogens is 164 g/mol. The third-order valence-electron chi connectivity index (χ3n) is 1.28. The van der Waals surface area contributed by atoms with E-state index < -0.39 is 12.1 Å². The van der Waals surface area contributed by atoms with Gasteiger partial charge in [-0.3, -0.25) is 4.79 Å². The highest BCUT2D eigenvalue weighted by atomic mass is 16.8. The van der Waals surface area contributed by atoms with E-state index >= 15 is 0 Å². The summed E-state index contributed by atoms with van der Waals surface area (Å²) in [6.45, 7) is 0.110. The standard InChI is InChI=1S/C7H8O5/c8-6(9)3-1-2-5-4-11-7(10)12-5/h2H,1,3-4H2,(H,8,9). The van der Waals surface area contributed by atoms with E-state index in [1.165, 1.54) is 0 Å². The van der Waals surface area contributed by atoms with Gasteiger partial charge < -0.3 is 14.6 Å². The molecule has 5 nitrogen and oxygen atoms in total. The van der Waals surface area contributed by atoms with Crippen LogP contribution in [-0.4, -0.2) is 23.8 Å². The summed E-state index contributed by atoms with van der Waals surface area (Å²) >= 11 is 0. The summed E-state index contributed by atoms with van der Waals surface area (Å²) in [6.07, 6.45) is 1.19. The van der Waals surface area contributed by atoms with E-state index in [2.05, 4.69) is 9.47 Å². The third-order valence-corrected chi connectivity index (χ3v) is 1.28. The Morgan fingerprint density at radius 1 is 1.67 bits per heavy atom. The number of carbonyl (C=O) groups excluding carboxylic acids is 1. The SMILES string of the molecule is O=C(O)CCC=C1COC(=O)O1. The maximum Gasteiger partial charge on any atom is 0.514 e. The normalized spacial score (nSPS) is 19.0. The second kappa shape index (κ2) is 3.75. The second-order valence-electron chi connectivity index (χ2n) is 2.24. The lowest BCUT2D eigenvalue weighted by Gasteiger charge is -1.90. The van der Waals surface area contributed by atoms with Crippen molar-refractivity contribution in [3.8, 4) is 0 Å². The smallest absolute Gasteiger partial charge is 0.481 e. The summed E-state index contributed by atoms with van der Waals surface area (Å²) in [5, 5.41) is 8.27. The van der Waals surface area contributed by atoms with Gasteiger partial charge in [0.25, 0.3) is 0 Å². The lowest BCUT2D eigenvalue weighted by atomic mass is 10.3. The average Bonchev–Trinajstić information content (AvgIpc) is 2.35. The molecule has 0 aromatic carbocycles. The minimum atomic E-state index is -0.878. The number of rotatable bonds is 3. The molecule has 0 bridgehead atoms. The molecule has 66 valence electrons. The van der Waals surface area contributed by atoms with Crippen molar-refractivity contribution in [1.29, 1.82) is 0 Å². The van der Waals surface area contributed by atoms with Gasteiger partial charge in [-0.1, -0.05) is 0 Å². The predicted molar refractivity (Wildman–Crippen MR) is 37.4 cm³/mol. The molecule has 1 rings (SSSR count). The highest BCUT2D eigenvalue weighted by Crippen LogP contribution is 2.10. The van der Waals surface area contributed by atoms with Crippen molar-refractivity contribution in [3.05, 3.63) is 11.8 Å². The predicted octanol–water partition coefficient (Wildman–Crippen LogP) is 0.902. The first kappa shape index (κ1) is 8.58. The Kier molecular flexibility index (Phi) is 2.68. The molecule has 1 aliphatic rings. The van der Waals surface area contributed by atoms with E-state index in [0.29, 0.717) is 12.2 Å². The van der Waals surface area contributed by atoms with Crippen LogP contribution in [0.1, 0.15) is 12.8 Å². The van der Waals surface area contributed by atoms with Crippen molar-refractivity contribution in [2.45, 2.75) is 12.8 Å². The van der Waals surface area contributed by atoms with E-state index in [0.717, 1.165) is 0 Å². The molecule has 1 saturated heterocycles. The van der Waals surface area contributed by atoms with Crippen molar-refractivity contribution in [3.63, 3.8) is 0 Å². The molecule has 0 aromatic heterocycles. The highest BCUT2D eigenvalue weighted by molar-refractivity contribution is 5.67. The second-order valence-corrected chi connectivity index (χ2v) is 2.24. The van der Waals surface area contributed by atoms with Crippen LogP contribution in [0.15, 0.2) is 11.8 Å². The molecule has 0 amide bonds. The Morgan fingerprint density at radius 2 is 2.42 bits per heavy atom. The van der Waals surface area contributed by atoms with Crippen LogP contribution in [0.4, 0.5) is 4.79 Å². The van der Waals surface area contributed by atoms with Crippen LogP contribution < -0.4 is 0 Å². The van der Waals surface area contributed by atoms with Gasteiger partial charge in [-0.05, 0) is 12.5 Å². The Bertz CT molecular complexity index is 230. The molecule has 1 heterocycles. The number of cyclic esters (lactones) is 2. The summed E-state index contributed by atoms with van der Waals surface area (Å²) < 4.78 is 9.00. The Hall–Kier alpha value is -1.52. The molecule has 0 saturated carbocycles. The van der Waals surface area contributed by atoms with E-state index in [1.54, 1.807) is 6.08 Å². The van der Waals surface area contributed by atoms with Gasteiger partial charge in [-0.15, -0.1) is 0 Å². The largest absolute Gasteiger partial charge is 0.514 e. The molecule has 1 fully saturated rings. The van der Waals surface area contributed by atoms with Gasteiger partial charge in [-0.2, -0.15) is 0 Å². The van der Waals surface area contributed by atoms with Crippen molar-refractivity contribution < 1.29 is 24.2 Å². The van der Waals surface area contributed by atoms with Crippen LogP contribution in [0.25, 0.3) is 0 Å². The van der Waals surface area contributed by atoms with Gasteiger partial charge in [0.1, 0.15) is 5.76 Å². The van der Waals surface area contributed by atoms with Crippen molar-refractivity contribution in [1.82, 2.24) is 0 Å². The Morgan fingerprint density at radius 3 is 2.92 bits per heavy atom. The van der Waals surface area contributed by atoms with Gasteiger partial charge in [0, 0.05) is 6.42 Å². The first-order valence-corrected chi connectivity index (χ1v) is 3.44. The topological polar surface area (TPSA) is 72.8 Å². The minimum absolute atomic E-state index is 0.0288. The van der Waals surface area contributed by atoms with Crippen molar-refractivity contribution in [2.75, 3.05) is 6.61 Å². The fraction of sp³-hybridized carbons (Fsp3) is 0.429. The molecule has 0 aliphatic carbocycles. The summed E-state index contributed by atoms with van der Waals surface area (Å²) in [5.41, 5.74) is 0. The van der Waals surface area contributed by atoms with Crippen LogP contribution in [-0.2, 0) is 14.3 Å². The highest BCUT2D eigenvalue weighted by Gasteiger charge is 2.17. The molecule has 1 N–H and O–H groups in total. The lowest BCUT2D eigenvalue weighted by molar-refractivity contribution is -0.136. The van der Waals surface area contributed by atoms with Crippen molar-refractivity contribution in [2.24, 2.45) is 0 Å². The van der Waals surface area contributed by atoms with Crippen molar-refractivity contribution >= 4 is 12.1 Å². The number of carbonyl (C=O) groups is 2. The molecule has 0 unspecified atom stereocenters. The molecule has 0 atom stereocenters. The molecule has 12 heavy (non-hydrogen) atoms. The molecule has 5 heteroatoms. The summed E-state index contributed by atoms with van der Waals surface area (Å²) in [7, 11) is 0. The van der Waals surface area contributed by atoms with Crippen LogP contribution in [0.3, 0.4) is 0 Å². The Balaban J connectivity index is 2.28. The van der Waals surface area contributed by atoms with Crippen LogP contribution in [0.5, 0.6) is 0 Å². The first-order valence-electron chi connectivity index (χ1n) is 3.44. The zero-order valence-electron chi connectivity index (χ0n) is 6.28. The molecule has 0 radical (unpaired) electrons. The molecule has 0 spiro atoms. The molecular formula is C7H8O5. The van der Waals surface area contributed by atoms with E-state index in [-0.39, 0.29) is 13.0 Å².